The van der Waals surface area contributed by atoms with Gasteiger partial charge in [-0.1, -0.05) is 12.8 Å². The summed E-state index contributed by atoms with van der Waals surface area (Å²) >= 11 is 0. The van der Waals surface area contributed by atoms with Crippen LogP contribution in [0.1, 0.15) is 44.9 Å². The number of carbonyl (C=O) groups is 1. The van der Waals surface area contributed by atoms with E-state index in [4.69, 9.17) is 0 Å². The van der Waals surface area contributed by atoms with Crippen molar-refractivity contribution in [2.45, 2.75) is 44.9 Å². The lowest BCUT2D eigenvalue weighted by Crippen LogP contribution is -2.37. The van der Waals surface area contributed by atoms with E-state index in [0.717, 1.165) is 26.1 Å². The van der Waals surface area contributed by atoms with Crippen LogP contribution < -0.4 is 0 Å². The second kappa shape index (κ2) is 6.39. The Labute approximate surface area is 105 Å². The van der Waals surface area contributed by atoms with Crippen LogP contribution in [0, 0.1) is 5.92 Å². The minimum Gasteiger partial charge on any atom is -0.343 e. The molecule has 2 aliphatic rings. The van der Waals surface area contributed by atoms with E-state index < -0.39 is 0 Å². The Balaban J connectivity index is 1.78. The summed E-state index contributed by atoms with van der Waals surface area (Å²) in [5.74, 6) is 1.01. The van der Waals surface area contributed by atoms with E-state index in [1.54, 1.807) is 0 Å². The van der Waals surface area contributed by atoms with Crippen LogP contribution in [0.5, 0.6) is 0 Å². The molecule has 17 heavy (non-hydrogen) atoms. The molecule has 0 aromatic heterocycles. The number of nitrogens with zero attached hydrogens (tertiary/aromatic N) is 2. The number of piperidine rings is 1. The first-order valence-electron chi connectivity index (χ1n) is 7.22. The van der Waals surface area contributed by atoms with Gasteiger partial charge >= 0.3 is 0 Å². The van der Waals surface area contributed by atoms with Gasteiger partial charge in [-0.25, -0.2) is 0 Å². The molecule has 1 amide bonds. The zero-order valence-electron chi connectivity index (χ0n) is 11.2. The van der Waals surface area contributed by atoms with Crippen LogP contribution in [-0.4, -0.2) is 48.9 Å². The Bertz CT molecular complexity index is 247. The monoisotopic (exact) mass is 238 g/mol. The Morgan fingerprint density at radius 1 is 1.06 bits per heavy atom. The van der Waals surface area contributed by atoms with Gasteiger partial charge in [-0.15, -0.1) is 0 Å². The molecule has 0 aromatic carbocycles. The normalized spacial score (nSPS) is 27.8. The minimum atomic E-state index is 0.409. The SMILES string of the molecule is CN1CCCC(CC(=O)N2CCCCCC2)C1. The zero-order chi connectivity index (χ0) is 12.1. The highest BCUT2D eigenvalue weighted by Crippen LogP contribution is 2.20. The van der Waals surface area contributed by atoms with E-state index in [0.29, 0.717) is 11.8 Å². The molecule has 0 aliphatic carbocycles. The van der Waals surface area contributed by atoms with Crippen molar-refractivity contribution in [2.75, 3.05) is 33.2 Å². The summed E-state index contributed by atoms with van der Waals surface area (Å²) in [7, 11) is 2.17. The Morgan fingerprint density at radius 3 is 2.41 bits per heavy atom. The second-order valence-corrected chi connectivity index (χ2v) is 5.77. The van der Waals surface area contributed by atoms with Crippen LogP contribution in [-0.2, 0) is 4.79 Å². The molecule has 2 fully saturated rings. The van der Waals surface area contributed by atoms with E-state index in [2.05, 4.69) is 16.8 Å². The first kappa shape index (κ1) is 12.9. The highest BCUT2D eigenvalue weighted by atomic mass is 16.2. The summed E-state index contributed by atoms with van der Waals surface area (Å²) in [4.78, 5) is 16.7. The van der Waals surface area contributed by atoms with Crippen molar-refractivity contribution in [1.82, 2.24) is 9.80 Å². The summed E-state index contributed by atoms with van der Waals surface area (Å²) in [6.07, 6.45) is 8.29. The minimum absolute atomic E-state index is 0.409. The summed E-state index contributed by atoms with van der Waals surface area (Å²) in [6.45, 7) is 4.32. The predicted molar refractivity (Wildman–Crippen MR) is 69.9 cm³/mol. The third-order valence-electron chi connectivity index (χ3n) is 4.14. The van der Waals surface area contributed by atoms with Gasteiger partial charge in [0.1, 0.15) is 0 Å². The fourth-order valence-corrected chi connectivity index (χ4v) is 3.14. The molecular formula is C14H26N2O. The lowest BCUT2D eigenvalue weighted by Gasteiger charge is -2.31. The van der Waals surface area contributed by atoms with E-state index in [1.165, 1.54) is 45.1 Å². The lowest BCUT2D eigenvalue weighted by atomic mass is 9.94. The van der Waals surface area contributed by atoms with E-state index in [-0.39, 0.29) is 0 Å². The molecule has 3 nitrogen and oxygen atoms in total. The summed E-state index contributed by atoms with van der Waals surface area (Å²) in [5, 5.41) is 0. The molecule has 0 spiro atoms. The van der Waals surface area contributed by atoms with Crippen molar-refractivity contribution < 1.29 is 4.79 Å². The maximum absolute atomic E-state index is 12.2. The van der Waals surface area contributed by atoms with Crippen molar-refractivity contribution in [3.63, 3.8) is 0 Å². The molecule has 0 saturated carbocycles. The fourth-order valence-electron chi connectivity index (χ4n) is 3.14. The van der Waals surface area contributed by atoms with Crippen molar-refractivity contribution >= 4 is 5.91 Å². The van der Waals surface area contributed by atoms with Gasteiger partial charge in [0.2, 0.25) is 5.91 Å². The molecule has 0 radical (unpaired) electrons. The first-order chi connectivity index (χ1) is 8.25. The predicted octanol–water partition coefficient (Wildman–Crippen LogP) is 2.12. The highest BCUT2D eigenvalue weighted by molar-refractivity contribution is 5.76. The molecule has 0 aromatic rings. The third-order valence-corrected chi connectivity index (χ3v) is 4.14. The third kappa shape index (κ3) is 3.98. The topological polar surface area (TPSA) is 23.6 Å². The highest BCUT2D eigenvalue weighted by Gasteiger charge is 2.23. The molecule has 1 unspecified atom stereocenters. The molecule has 2 heterocycles. The maximum atomic E-state index is 12.2. The van der Waals surface area contributed by atoms with Gasteiger partial charge in [-0.3, -0.25) is 4.79 Å². The lowest BCUT2D eigenvalue weighted by molar-refractivity contribution is -0.132. The summed E-state index contributed by atoms with van der Waals surface area (Å²) in [5.41, 5.74) is 0. The van der Waals surface area contributed by atoms with Crippen molar-refractivity contribution in [2.24, 2.45) is 5.92 Å². The Hall–Kier alpha value is -0.570. The van der Waals surface area contributed by atoms with Gasteiger partial charge in [0, 0.05) is 26.1 Å². The molecule has 2 saturated heterocycles. The van der Waals surface area contributed by atoms with Gasteiger partial charge in [-0.2, -0.15) is 0 Å². The molecule has 1 atom stereocenters. The smallest absolute Gasteiger partial charge is 0.222 e. The van der Waals surface area contributed by atoms with Crippen molar-refractivity contribution in [1.29, 1.82) is 0 Å². The van der Waals surface area contributed by atoms with E-state index >= 15 is 0 Å². The van der Waals surface area contributed by atoms with Gasteiger partial charge in [0.25, 0.3) is 0 Å². The number of likely N-dealkylation sites (tertiary alicyclic amines) is 2. The molecular weight excluding hydrogens is 212 g/mol. The number of hydrogen-bond donors (Lipinski definition) is 0. The first-order valence-corrected chi connectivity index (χ1v) is 7.22. The van der Waals surface area contributed by atoms with Crippen LogP contribution in [0.15, 0.2) is 0 Å². The molecule has 0 N–H and O–H groups in total. The zero-order valence-corrected chi connectivity index (χ0v) is 11.2. The number of amides is 1. The van der Waals surface area contributed by atoms with Crippen LogP contribution in [0.25, 0.3) is 0 Å². The van der Waals surface area contributed by atoms with Crippen molar-refractivity contribution in [3.8, 4) is 0 Å². The largest absolute Gasteiger partial charge is 0.343 e. The Kier molecular flexibility index (Phi) is 4.84. The average Bonchev–Trinajstić information content (AvgIpc) is 2.57. The maximum Gasteiger partial charge on any atom is 0.222 e. The van der Waals surface area contributed by atoms with E-state index in [9.17, 15) is 4.79 Å². The summed E-state index contributed by atoms with van der Waals surface area (Å²) in [6, 6.07) is 0. The molecule has 2 aliphatic heterocycles. The van der Waals surface area contributed by atoms with Crippen LogP contribution in [0.4, 0.5) is 0 Å². The molecule has 98 valence electrons. The Morgan fingerprint density at radius 2 is 1.76 bits per heavy atom. The van der Waals surface area contributed by atoms with E-state index in [1.807, 2.05) is 0 Å². The average molecular weight is 238 g/mol. The van der Waals surface area contributed by atoms with Gasteiger partial charge in [0.05, 0.1) is 0 Å². The standard InChI is InChI=1S/C14H26N2O/c1-15-8-6-7-13(12-15)11-14(17)16-9-4-2-3-5-10-16/h13H,2-12H2,1H3. The van der Waals surface area contributed by atoms with Crippen LogP contribution >= 0.6 is 0 Å². The quantitative estimate of drug-likeness (QED) is 0.735. The molecule has 3 heteroatoms. The van der Waals surface area contributed by atoms with Gasteiger partial charge in [-0.05, 0) is 45.2 Å². The fraction of sp³-hybridized carbons (Fsp3) is 0.929. The van der Waals surface area contributed by atoms with Crippen molar-refractivity contribution in [3.05, 3.63) is 0 Å². The van der Waals surface area contributed by atoms with Gasteiger partial charge < -0.3 is 9.80 Å². The number of hydrogen-bond acceptors (Lipinski definition) is 2. The molecule has 2 rings (SSSR count). The number of carbonyl (C=O) groups excluding carboxylic acids is 1. The molecule has 0 bridgehead atoms. The van der Waals surface area contributed by atoms with Crippen LogP contribution in [0.2, 0.25) is 0 Å². The van der Waals surface area contributed by atoms with Crippen LogP contribution in [0.3, 0.4) is 0 Å². The van der Waals surface area contributed by atoms with Gasteiger partial charge in [0.15, 0.2) is 0 Å². The second-order valence-electron chi connectivity index (χ2n) is 5.77. The number of rotatable bonds is 2. The summed E-state index contributed by atoms with van der Waals surface area (Å²) < 4.78 is 0.